The van der Waals surface area contributed by atoms with Gasteiger partial charge in [0.25, 0.3) is 11.5 Å². The molecule has 11 heteroatoms. The number of nitrogen functional groups attached to an aromatic ring is 1. The molecule has 0 bridgehead atoms. The fraction of sp³-hybridized carbons (Fsp3) is 0.259. The molecule has 1 unspecified atom stereocenters. The number of ketones is 1. The molecule has 5 N–H and O–H groups in total. The highest BCUT2D eigenvalue weighted by Gasteiger charge is 2.51. The predicted molar refractivity (Wildman–Crippen MR) is 136 cm³/mol. The number of rotatable bonds is 10. The number of hydrogen-bond donors (Lipinski definition) is 4. The number of nitrogens with two attached hydrogens (primary N) is 1. The van der Waals surface area contributed by atoms with Crippen LogP contribution in [0.4, 0.5) is 18.9 Å². The highest BCUT2D eigenvalue weighted by atomic mass is 19.3. The van der Waals surface area contributed by atoms with Crippen molar-refractivity contribution in [1.82, 2.24) is 15.6 Å². The molecule has 3 rings (SSSR count). The van der Waals surface area contributed by atoms with Gasteiger partial charge in [-0.3, -0.25) is 19.2 Å². The third kappa shape index (κ3) is 6.67. The van der Waals surface area contributed by atoms with Crippen LogP contribution in [0.15, 0.2) is 65.5 Å². The maximum atomic E-state index is 14.8. The molecule has 0 aliphatic heterocycles. The molecular formula is C27H27F3N4O4. The third-order valence-corrected chi connectivity index (χ3v) is 5.82. The van der Waals surface area contributed by atoms with Crippen LogP contribution in [0.2, 0.25) is 0 Å². The Labute approximate surface area is 216 Å². The predicted octanol–water partition coefficient (Wildman–Crippen LogP) is 2.97. The number of halogens is 3. The second kappa shape index (κ2) is 11.8. The molecule has 0 aliphatic rings. The molecule has 8 nitrogen and oxygen atoms in total. The van der Waals surface area contributed by atoms with Gasteiger partial charge >= 0.3 is 5.92 Å². The van der Waals surface area contributed by atoms with E-state index < -0.39 is 53.3 Å². The summed E-state index contributed by atoms with van der Waals surface area (Å²) in [6, 6.07) is 13.4. The maximum Gasteiger partial charge on any atom is 0.383 e. The number of amides is 2. The van der Waals surface area contributed by atoms with Gasteiger partial charge in [-0.25, -0.2) is 4.39 Å². The molecule has 38 heavy (non-hydrogen) atoms. The van der Waals surface area contributed by atoms with Gasteiger partial charge in [0, 0.05) is 12.2 Å². The highest BCUT2D eigenvalue weighted by molar-refractivity contribution is 6.10. The van der Waals surface area contributed by atoms with Gasteiger partial charge in [-0.05, 0) is 40.8 Å². The zero-order valence-electron chi connectivity index (χ0n) is 20.7. The second-order valence-corrected chi connectivity index (χ2v) is 9.03. The standard InChI is InChI=1S/C27H27F3N4O4/c1-15(2)23(24(36)27(29,30)26(38)32-14-16-8-10-19(28)11-9-16)34-21(35)13-18-12-20(33-25(37)22(18)31)17-6-4-3-5-7-17/h3-12,15,23H,13-14,31H2,1-2H3,(H,32,38)(H,33,37)(H,34,35). The lowest BCUT2D eigenvalue weighted by atomic mass is 9.94. The quantitative estimate of drug-likeness (QED) is 0.300. The summed E-state index contributed by atoms with van der Waals surface area (Å²) in [5.74, 6) is -10.3. The van der Waals surface area contributed by atoms with Gasteiger partial charge in [-0.2, -0.15) is 8.78 Å². The van der Waals surface area contributed by atoms with Gasteiger partial charge in [0.1, 0.15) is 11.5 Å². The van der Waals surface area contributed by atoms with E-state index in [-0.39, 0.29) is 17.8 Å². The Hall–Kier alpha value is -4.41. The summed E-state index contributed by atoms with van der Waals surface area (Å²) < 4.78 is 42.6. The third-order valence-electron chi connectivity index (χ3n) is 5.82. The molecule has 1 atom stereocenters. The van der Waals surface area contributed by atoms with Crippen LogP contribution in [0.5, 0.6) is 0 Å². The van der Waals surface area contributed by atoms with Crippen LogP contribution in [-0.4, -0.2) is 34.5 Å². The maximum absolute atomic E-state index is 14.8. The zero-order valence-corrected chi connectivity index (χ0v) is 20.7. The zero-order chi connectivity index (χ0) is 28.0. The summed E-state index contributed by atoms with van der Waals surface area (Å²) in [7, 11) is 0. The summed E-state index contributed by atoms with van der Waals surface area (Å²) >= 11 is 0. The van der Waals surface area contributed by atoms with Crippen LogP contribution in [0.1, 0.15) is 25.0 Å². The molecule has 0 spiro atoms. The molecule has 1 heterocycles. The Kier molecular flexibility index (Phi) is 8.72. The summed E-state index contributed by atoms with van der Waals surface area (Å²) in [6.45, 7) is 2.52. The Balaban J connectivity index is 1.73. The van der Waals surface area contributed by atoms with Gasteiger partial charge in [-0.15, -0.1) is 0 Å². The molecular weight excluding hydrogens is 501 g/mol. The molecule has 2 aromatic carbocycles. The van der Waals surface area contributed by atoms with Gasteiger partial charge in [-0.1, -0.05) is 56.3 Å². The van der Waals surface area contributed by atoms with E-state index in [2.05, 4.69) is 10.3 Å². The monoisotopic (exact) mass is 528 g/mol. The van der Waals surface area contributed by atoms with E-state index in [1.807, 2.05) is 5.32 Å². The van der Waals surface area contributed by atoms with E-state index in [0.29, 0.717) is 16.8 Å². The topological polar surface area (TPSA) is 134 Å². The average molecular weight is 529 g/mol. The first-order valence-electron chi connectivity index (χ1n) is 11.7. The number of hydrogen-bond acceptors (Lipinski definition) is 5. The fourth-order valence-corrected chi connectivity index (χ4v) is 3.68. The van der Waals surface area contributed by atoms with E-state index in [0.717, 1.165) is 12.1 Å². The Morgan fingerprint density at radius 1 is 1.03 bits per heavy atom. The largest absolute Gasteiger partial charge is 0.394 e. The number of benzene rings is 2. The lowest BCUT2D eigenvalue weighted by Crippen LogP contribution is -2.56. The molecule has 1 aromatic heterocycles. The first-order valence-corrected chi connectivity index (χ1v) is 11.7. The normalized spacial score (nSPS) is 12.2. The van der Waals surface area contributed by atoms with Crippen LogP contribution in [0.25, 0.3) is 11.3 Å². The average Bonchev–Trinajstić information content (AvgIpc) is 2.89. The van der Waals surface area contributed by atoms with E-state index in [4.69, 9.17) is 5.73 Å². The Morgan fingerprint density at radius 2 is 1.66 bits per heavy atom. The molecule has 0 aliphatic carbocycles. The van der Waals surface area contributed by atoms with Crippen molar-refractivity contribution in [3.8, 4) is 11.3 Å². The van der Waals surface area contributed by atoms with Crippen molar-refractivity contribution >= 4 is 23.3 Å². The number of nitrogens with one attached hydrogen (secondary N) is 3. The first kappa shape index (κ1) is 28.2. The minimum Gasteiger partial charge on any atom is -0.394 e. The fourth-order valence-electron chi connectivity index (χ4n) is 3.68. The first-order chi connectivity index (χ1) is 17.9. The number of pyridine rings is 1. The molecule has 0 saturated heterocycles. The van der Waals surface area contributed by atoms with E-state index >= 15 is 0 Å². The van der Waals surface area contributed by atoms with Gasteiger partial charge < -0.3 is 21.4 Å². The molecule has 200 valence electrons. The molecule has 0 saturated carbocycles. The van der Waals surface area contributed by atoms with Crippen molar-refractivity contribution in [3.05, 3.63) is 88.0 Å². The highest BCUT2D eigenvalue weighted by Crippen LogP contribution is 2.22. The van der Waals surface area contributed by atoms with Crippen molar-refractivity contribution < 1.29 is 27.6 Å². The van der Waals surface area contributed by atoms with Crippen LogP contribution < -0.4 is 21.9 Å². The van der Waals surface area contributed by atoms with Crippen molar-refractivity contribution in [2.75, 3.05) is 5.73 Å². The summed E-state index contributed by atoms with van der Waals surface area (Å²) in [6.07, 6.45) is -0.464. The molecule has 3 aromatic rings. The number of Topliss-reactive ketones (excluding diaryl/α,β-unsaturated/α-hetero) is 1. The Morgan fingerprint density at radius 3 is 2.26 bits per heavy atom. The second-order valence-electron chi connectivity index (χ2n) is 9.03. The van der Waals surface area contributed by atoms with E-state index in [1.54, 1.807) is 30.3 Å². The van der Waals surface area contributed by atoms with Crippen molar-refractivity contribution in [3.63, 3.8) is 0 Å². The smallest absolute Gasteiger partial charge is 0.383 e. The minimum absolute atomic E-state index is 0.142. The van der Waals surface area contributed by atoms with Crippen molar-refractivity contribution in [2.24, 2.45) is 5.92 Å². The number of aromatic amines is 1. The molecule has 0 fully saturated rings. The van der Waals surface area contributed by atoms with Crippen LogP contribution in [-0.2, 0) is 27.3 Å². The number of alkyl halides is 2. The van der Waals surface area contributed by atoms with Gasteiger partial charge in [0.05, 0.1) is 12.5 Å². The SMILES string of the molecule is CC(C)C(NC(=O)Cc1cc(-c2ccccc2)[nH]c(=O)c1N)C(=O)C(F)(F)C(=O)NCc1ccc(F)cc1. The van der Waals surface area contributed by atoms with Crippen LogP contribution in [0, 0.1) is 11.7 Å². The lowest BCUT2D eigenvalue weighted by Gasteiger charge is -2.25. The van der Waals surface area contributed by atoms with E-state index in [9.17, 15) is 32.3 Å². The summed E-state index contributed by atoms with van der Waals surface area (Å²) in [5, 5.41) is 4.22. The van der Waals surface area contributed by atoms with Crippen molar-refractivity contribution in [2.45, 2.75) is 38.8 Å². The van der Waals surface area contributed by atoms with Crippen LogP contribution >= 0.6 is 0 Å². The number of carbonyl (C=O) groups excluding carboxylic acids is 3. The minimum atomic E-state index is -4.45. The van der Waals surface area contributed by atoms with Crippen LogP contribution in [0.3, 0.4) is 0 Å². The summed E-state index contributed by atoms with van der Waals surface area (Å²) in [5.41, 5.74) is 6.54. The van der Waals surface area contributed by atoms with Gasteiger partial charge in [0.2, 0.25) is 11.7 Å². The van der Waals surface area contributed by atoms with Gasteiger partial charge in [0.15, 0.2) is 0 Å². The molecule has 0 radical (unpaired) electrons. The van der Waals surface area contributed by atoms with Crippen molar-refractivity contribution in [1.29, 1.82) is 0 Å². The lowest BCUT2D eigenvalue weighted by molar-refractivity contribution is -0.161. The number of carbonyl (C=O) groups is 3. The molecule has 2 amide bonds. The summed E-state index contributed by atoms with van der Waals surface area (Å²) in [4.78, 5) is 52.6. The number of anilines is 1. The van der Waals surface area contributed by atoms with E-state index in [1.165, 1.54) is 32.0 Å². The Bertz CT molecular complexity index is 1370. The number of H-pyrrole nitrogens is 1. The number of aromatic nitrogens is 1.